The zero-order chi connectivity index (χ0) is 24.8. The van der Waals surface area contributed by atoms with Gasteiger partial charge in [0.2, 0.25) is 29.5 Å². The lowest BCUT2D eigenvalue weighted by Crippen LogP contribution is -2.57. The number of nitrogens with two attached hydrogens (primary N) is 4. The molecular formula is C18H33N7O7. The molecule has 0 aromatic rings. The second kappa shape index (κ2) is 14.7. The van der Waals surface area contributed by atoms with Crippen molar-refractivity contribution < 1.29 is 33.9 Å². The molecule has 14 heteroatoms. The lowest BCUT2D eigenvalue weighted by molar-refractivity contribution is -0.142. The van der Waals surface area contributed by atoms with Crippen molar-refractivity contribution in [2.24, 2.45) is 22.9 Å². The van der Waals surface area contributed by atoms with Gasteiger partial charge < -0.3 is 44.0 Å². The van der Waals surface area contributed by atoms with Gasteiger partial charge in [0, 0.05) is 6.42 Å². The number of nitrogens with one attached hydrogen (secondary N) is 3. The molecule has 12 N–H and O–H groups in total. The van der Waals surface area contributed by atoms with E-state index < -0.39 is 66.1 Å². The van der Waals surface area contributed by atoms with E-state index in [1.54, 1.807) is 0 Å². The van der Waals surface area contributed by atoms with Crippen LogP contribution in [0.5, 0.6) is 0 Å². The Morgan fingerprint density at radius 3 is 1.91 bits per heavy atom. The fourth-order valence-corrected chi connectivity index (χ4v) is 2.54. The predicted octanol–water partition coefficient (Wildman–Crippen LogP) is -3.86. The van der Waals surface area contributed by atoms with Crippen LogP contribution in [0, 0.1) is 0 Å². The first-order valence-electron chi connectivity index (χ1n) is 10.0. The third-order valence-corrected chi connectivity index (χ3v) is 4.39. The van der Waals surface area contributed by atoms with Crippen LogP contribution in [-0.2, 0) is 28.8 Å². The standard InChI is InChI=1S/C18H33N7O7/c1-9(15(28)24-11(18(31)32)4-2-3-7-19)23-17(30)12(8-14(22)27)25-16(29)10(20)5-6-13(21)26/h9-12H,2-8,19-20H2,1H3,(H2,21,26)(H2,22,27)(H,23,30)(H,24,28)(H,25,29)(H,31,32). The number of aliphatic carboxylic acids is 1. The molecule has 0 fully saturated rings. The van der Waals surface area contributed by atoms with E-state index in [0.717, 1.165) is 0 Å². The molecule has 0 saturated heterocycles. The average Bonchev–Trinajstić information content (AvgIpc) is 2.69. The molecule has 5 amide bonds. The first kappa shape index (κ1) is 28.7. The Bertz CT molecular complexity index is 701. The maximum Gasteiger partial charge on any atom is 0.326 e. The molecule has 4 unspecified atom stereocenters. The summed E-state index contributed by atoms with van der Waals surface area (Å²) in [6.45, 7) is 1.68. The van der Waals surface area contributed by atoms with Crippen LogP contribution in [0.15, 0.2) is 0 Å². The Balaban J connectivity index is 5.01. The van der Waals surface area contributed by atoms with Crippen LogP contribution >= 0.6 is 0 Å². The topological polar surface area (TPSA) is 263 Å². The Kier molecular flexibility index (Phi) is 13.2. The van der Waals surface area contributed by atoms with Crippen LogP contribution in [0.4, 0.5) is 0 Å². The van der Waals surface area contributed by atoms with E-state index in [1.807, 2.05) is 0 Å². The van der Waals surface area contributed by atoms with Crippen LogP contribution in [0.2, 0.25) is 0 Å². The second-order valence-electron chi connectivity index (χ2n) is 7.26. The number of carbonyl (C=O) groups is 6. The summed E-state index contributed by atoms with van der Waals surface area (Å²) in [4.78, 5) is 70.3. The molecule has 0 heterocycles. The number of carboxylic acids is 1. The lowest BCUT2D eigenvalue weighted by atomic mass is 10.1. The number of carboxylic acid groups (broad SMARTS) is 1. The Morgan fingerprint density at radius 1 is 0.812 bits per heavy atom. The highest BCUT2D eigenvalue weighted by Gasteiger charge is 2.29. The van der Waals surface area contributed by atoms with Gasteiger partial charge in [-0.2, -0.15) is 0 Å². The van der Waals surface area contributed by atoms with Gasteiger partial charge in [0.25, 0.3) is 0 Å². The van der Waals surface area contributed by atoms with E-state index in [0.29, 0.717) is 19.4 Å². The van der Waals surface area contributed by atoms with E-state index in [4.69, 9.17) is 22.9 Å². The molecule has 0 aliphatic heterocycles. The highest BCUT2D eigenvalue weighted by molar-refractivity contribution is 5.96. The van der Waals surface area contributed by atoms with Crippen molar-refractivity contribution >= 4 is 35.5 Å². The molecule has 0 aromatic heterocycles. The van der Waals surface area contributed by atoms with Crippen molar-refractivity contribution in [1.82, 2.24) is 16.0 Å². The summed E-state index contributed by atoms with van der Waals surface area (Å²) in [7, 11) is 0. The third-order valence-electron chi connectivity index (χ3n) is 4.39. The molecule has 0 rings (SSSR count). The normalized spacial score (nSPS) is 14.3. The first-order chi connectivity index (χ1) is 14.9. The largest absolute Gasteiger partial charge is 0.480 e. The fourth-order valence-electron chi connectivity index (χ4n) is 2.54. The molecule has 0 aliphatic carbocycles. The van der Waals surface area contributed by atoms with Crippen molar-refractivity contribution in [3.05, 3.63) is 0 Å². The van der Waals surface area contributed by atoms with Crippen molar-refractivity contribution in [1.29, 1.82) is 0 Å². The molecular weight excluding hydrogens is 426 g/mol. The van der Waals surface area contributed by atoms with Crippen LogP contribution in [-0.4, -0.2) is 71.3 Å². The minimum absolute atomic E-state index is 0.0778. The zero-order valence-corrected chi connectivity index (χ0v) is 18.0. The molecule has 32 heavy (non-hydrogen) atoms. The molecule has 4 atom stereocenters. The number of primary amides is 2. The minimum atomic E-state index is -1.44. The summed E-state index contributed by atoms with van der Waals surface area (Å²) in [5.74, 6) is -5.31. The van der Waals surface area contributed by atoms with E-state index in [-0.39, 0.29) is 19.3 Å². The number of rotatable bonds is 16. The van der Waals surface area contributed by atoms with Gasteiger partial charge in [-0.05, 0) is 39.2 Å². The molecule has 0 bridgehead atoms. The zero-order valence-electron chi connectivity index (χ0n) is 18.0. The summed E-state index contributed by atoms with van der Waals surface area (Å²) in [6, 6.07) is -4.96. The lowest BCUT2D eigenvalue weighted by Gasteiger charge is -2.23. The molecule has 0 saturated carbocycles. The quantitative estimate of drug-likeness (QED) is 0.105. The smallest absolute Gasteiger partial charge is 0.326 e. The Hall–Kier alpha value is -3.26. The molecule has 182 valence electrons. The van der Waals surface area contributed by atoms with E-state index in [9.17, 15) is 33.9 Å². The summed E-state index contributed by atoms with van der Waals surface area (Å²) < 4.78 is 0. The van der Waals surface area contributed by atoms with Crippen molar-refractivity contribution in [3.8, 4) is 0 Å². The van der Waals surface area contributed by atoms with Gasteiger partial charge in [0.05, 0.1) is 12.5 Å². The maximum atomic E-state index is 12.5. The minimum Gasteiger partial charge on any atom is -0.480 e. The van der Waals surface area contributed by atoms with Crippen LogP contribution in [0.3, 0.4) is 0 Å². The van der Waals surface area contributed by atoms with E-state index in [2.05, 4.69) is 16.0 Å². The summed E-state index contributed by atoms with van der Waals surface area (Å²) in [5, 5.41) is 16.1. The van der Waals surface area contributed by atoms with Gasteiger partial charge in [-0.15, -0.1) is 0 Å². The maximum absolute atomic E-state index is 12.5. The van der Waals surface area contributed by atoms with Crippen LogP contribution in [0.25, 0.3) is 0 Å². The van der Waals surface area contributed by atoms with Gasteiger partial charge >= 0.3 is 5.97 Å². The average molecular weight is 460 g/mol. The number of hydrogen-bond donors (Lipinski definition) is 8. The molecule has 0 aliphatic rings. The van der Waals surface area contributed by atoms with Crippen LogP contribution in [0.1, 0.15) is 45.4 Å². The molecule has 0 aromatic carbocycles. The van der Waals surface area contributed by atoms with Gasteiger partial charge in [-0.25, -0.2) is 4.79 Å². The van der Waals surface area contributed by atoms with Crippen molar-refractivity contribution in [2.75, 3.05) is 6.54 Å². The highest BCUT2D eigenvalue weighted by Crippen LogP contribution is 2.02. The van der Waals surface area contributed by atoms with E-state index >= 15 is 0 Å². The van der Waals surface area contributed by atoms with E-state index in [1.165, 1.54) is 6.92 Å². The monoisotopic (exact) mass is 459 g/mol. The van der Waals surface area contributed by atoms with Gasteiger partial charge in [0.1, 0.15) is 18.1 Å². The Labute approximate surface area is 185 Å². The summed E-state index contributed by atoms with van der Waals surface area (Å²) in [5.41, 5.74) is 21.1. The summed E-state index contributed by atoms with van der Waals surface area (Å²) in [6.07, 6.45) is 0.410. The number of amides is 5. The summed E-state index contributed by atoms with van der Waals surface area (Å²) >= 11 is 0. The van der Waals surface area contributed by atoms with Crippen LogP contribution < -0.4 is 38.9 Å². The predicted molar refractivity (Wildman–Crippen MR) is 112 cm³/mol. The fraction of sp³-hybridized carbons (Fsp3) is 0.667. The molecule has 0 radical (unpaired) electrons. The molecule has 14 nitrogen and oxygen atoms in total. The van der Waals surface area contributed by atoms with Crippen molar-refractivity contribution in [3.63, 3.8) is 0 Å². The third kappa shape index (κ3) is 11.8. The van der Waals surface area contributed by atoms with Gasteiger partial charge in [-0.3, -0.25) is 24.0 Å². The van der Waals surface area contributed by atoms with Gasteiger partial charge in [0.15, 0.2) is 0 Å². The highest BCUT2D eigenvalue weighted by atomic mass is 16.4. The molecule has 0 spiro atoms. The van der Waals surface area contributed by atoms with Crippen molar-refractivity contribution in [2.45, 2.75) is 69.6 Å². The number of hydrogen-bond acceptors (Lipinski definition) is 8. The number of carbonyl (C=O) groups excluding carboxylic acids is 5. The Morgan fingerprint density at radius 2 is 1.41 bits per heavy atom. The van der Waals surface area contributed by atoms with Gasteiger partial charge in [-0.1, -0.05) is 0 Å². The number of unbranched alkanes of at least 4 members (excludes halogenated alkanes) is 1. The SMILES string of the molecule is CC(NC(=O)C(CC(N)=O)NC(=O)C(N)CCC(N)=O)C(=O)NC(CCCCN)C(=O)O. The second-order valence-corrected chi connectivity index (χ2v) is 7.26. The first-order valence-corrected chi connectivity index (χ1v) is 10.0.